The maximum absolute atomic E-state index is 13.2. The van der Waals surface area contributed by atoms with Crippen molar-refractivity contribution in [1.82, 2.24) is 20.2 Å². The third-order valence-electron chi connectivity index (χ3n) is 5.46. The largest absolute Gasteiger partial charge is 0.416 e. The summed E-state index contributed by atoms with van der Waals surface area (Å²) in [5, 5.41) is 14.9. The lowest BCUT2D eigenvalue weighted by molar-refractivity contribution is -0.138. The Balaban J connectivity index is 1.52. The van der Waals surface area contributed by atoms with Crippen molar-refractivity contribution in [2.45, 2.75) is 45.1 Å². The average Bonchev–Trinajstić information content (AvgIpc) is 3.24. The fraction of sp³-hybridized carbons (Fsp3) is 0.320. The lowest BCUT2D eigenvalue weighted by Crippen LogP contribution is -2.42. The van der Waals surface area contributed by atoms with Crippen LogP contribution in [0.25, 0.3) is 0 Å². The van der Waals surface area contributed by atoms with Crippen molar-refractivity contribution in [3.8, 4) is 6.07 Å². The van der Waals surface area contributed by atoms with Crippen LogP contribution in [0.2, 0.25) is 0 Å². The molecule has 0 bridgehead atoms. The zero-order chi connectivity index (χ0) is 24.6. The predicted octanol–water partition coefficient (Wildman–Crippen LogP) is 4.05. The smallest absolute Gasteiger partial charge is 0.352 e. The topological polar surface area (TPSA) is 82.7 Å². The third kappa shape index (κ3) is 6.93. The van der Waals surface area contributed by atoms with Crippen LogP contribution in [-0.4, -0.2) is 28.0 Å². The quantitative estimate of drug-likeness (QED) is 0.469. The van der Waals surface area contributed by atoms with Gasteiger partial charge in [-0.3, -0.25) is 4.79 Å². The lowest BCUT2D eigenvalue weighted by atomic mass is 10.1. The van der Waals surface area contributed by atoms with E-state index in [0.717, 1.165) is 17.3 Å². The van der Waals surface area contributed by atoms with Gasteiger partial charge in [0.2, 0.25) is 5.91 Å². The molecule has 6 nitrogen and oxygen atoms in total. The minimum Gasteiger partial charge on any atom is -0.352 e. The number of amides is 1. The molecule has 1 atom stereocenters. The molecule has 0 aliphatic heterocycles. The molecule has 1 heterocycles. The number of carbonyl (C=O) groups excluding carboxylic acids is 1. The highest BCUT2D eigenvalue weighted by Crippen LogP contribution is 2.31. The normalized spacial score (nSPS) is 12.2. The van der Waals surface area contributed by atoms with E-state index in [2.05, 4.69) is 21.7 Å². The standard InChI is InChI=1S/C25H26F3N5O/c1-2-21(14-30-13-20-5-3-4-6-23(20)25(26,27)28)32-24(34)11-22-15-31-17-33(22)16-19-9-7-18(12-29)8-10-19/h3-10,15,17,21,30H,2,11,13-14,16H2,1H3,(H,32,34)/t21-/m0/s1. The number of halogens is 3. The van der Waals surface area contributed by atoms with Gasteiger partial charge in [0.05, 0.1) is 29.9 Å². The van der Waals surface area contributed by atoms with Crippen molar-refractivity contribution in [2.24, 2.45) is 0 Å². The van der Waals surface area contributed by atoms with Gasteiger partial charge in [-0.15, -0.1) is 0 Å². The molecule has 1 aromatic heterocycles. The minimum absolute atomic E-state index is 0.0550. The van der Waals surface area contributed by atoms with Gasteiger partial charge in [0.15, 0.2) is 0 Å². The monoisotopic (exact) mass is 469 g/mol. The number of imidazole rings is 1. The molecule has 0 saturated heterocycles. The van der Waals surface area contributed by atoms with E-state index in [1.807, 2.05) is 23.6 Å². The number of nitrogens with one attached hydrogen (secondary N) is 2. The highest BCUT2D eigenvalue weighted by atomic mass is 19.4. The molecule has 0 saturated carbocycles. The number of rotatable bonds is 10. The zero-order valence-corrected chi connectivity index (χ0v) is 18.8. The Morgan fingerprint density at radius 2 is 1.91 bits per heavy atom. The van der Waals surface area contributed by atoms with E-state index < -0.39 is 11.7 Å². The van der Waals surface area contributed by atoms with Crippen LogP contribution < -0.4 is 10.6 Å². The van der Waals surface area contributed by atoms with Crippen molar-refractivity contribution in [1.29, 1.82) is 5.26 Å². The van der Waals surface area contributed by atoms with Crippen LogP contribution in [0.4, 0.5) is 13.2 Å². The SMILES string of the molecule is CC[C@@H](CNCc1ccccc1C(F)(F)F)NC(=O)Cc1cncn1Cc1ccc(C#N)cc1. The maximum atomic E-state index is 13.2. The Morgan fingerprint density at radius 1 is 1.18 bits per heavy atom. The lowest BCUT2D eigenvalue weighted by Gasteiger charge is -2.19. The first-order chi connectivity index (χ1) is 16.3. The number of hydrogen-bond acceptors (Lipinski definition) is 4. The fourth-order valence-electron chi connectivity index (χ4n) is 3.59. The molecule has 1 amide bonds. The molecular weight excluding hydrogens is 443 g/mol. The van der Waals surface area contributed by atoms with Gasteiger partial charge in [0.25, 0.3) is 0 Å². The summed E-state index contributed by atoms with van der Waals surface area (Å²) in [7, 11) is 0. The van der Waals surface area contributed by atoms with Crippen molar-refractivity contribution in [3.05, 3.63) is 89.0 Å². The number of nitrogens with zero attached hydrogens (tertiary/aromatic N) is 3. The number of aromatic nitrogens is 2. The van der Waals surface area contributed by atoms with Gasteiger partial charge in [-0.05, 0) is 35.7 Å². The third-order valence-corrected chi connectivity index (χ3v) is 5.46. The first kappa shape index (κ1) is 25.0. The molecule has 0 aliphatic rings. The summed E-state index contributed by atoms with van der Waals surface area (Å²) in [5.74, 6) is -0.189. The van der Waals surface area contributed by atoms with E-state index in [1.165, 1.54) is 12.1 Å². The Labute approximate surface area is 196 Å². The molecule has 0 radical (unpaired) electrons. The van der Waals surface area contributed by atoms with E-state index in [4.69, 9.17) is 5.26 Å². The summed E-state index contributed by atoms with van der Waals surface area (Å²) in [6.07, 6.45) is -0.362. The van der Waals surface area contributed by atoms with Crippen LogP contribution >= 0.6 is 0 Å². The Hall–Kier alpha value is -3.64. The van der Waals surface area contributed by atoms with E-state index >= 15 is 0 Å². The molecule has 9 heteroatoms. The van der Waals surface area contributed by atoms with E-state index in [9.17, 15) is 18.0 Å². The molecule has 0 unspecified atom stereocenters. The fourth-order valence-corrected chi connectivity index (χ4v) is 3.59. The first-order valence-corrected chi connectivity index (χ1v) is 10.9. The Bertz CT molecular complexity index is 1130. The second-order valence-electron chi connectivity index (χ2n) is 7.96. The predicted molar refractivity (Wildman–Crippen MR) is 122 cm³/mol. The van der Waals surface area contributed by atoms with Gasteiger partial charge in [-0.1, -0.05) is 37.3 Å². The van der Waals surface area contributed by atoms with Gasteiger partial charge in [-0.2, -0.15) is 18.4 Å². The van der Waals surface area contributed by atoms with Crippen LogP contribution in [0.15, 0.2) is 61.1 Å². The number of nitriles is 1. The van der Waals surface area contributed by atoms with Gasteiger partial charge in [0, 0.05) is 37.6 Å². The van der Waals surface area contributed by atoms with Gasteiger partial charge in [-0.25, -0.2) is 4.98 Å². The van der Waals surface area contributed by atoms with Crippen LogP contribution in [0.5, 0.6) is 0 Å². The average molecular weight is 470 g/mol. The van der Waals surface area contributed by atoms with Gasteiger partial charge in [0.1, 0.15) is 0 Å². The highest BCUT2D eigenvalue weighted by molar-refractivity contribution is 5.78. The first-order valence-electron chi connectivity index (χ1n) is 10.9. The minimum atomic E-state index is -4.41. The van der Waals surface area contributed by atoms with E-state index in [1.54, 1.807) is 30.7 Å². The van der Waals surface area contributed by atoms with Gasteiger partial charge >= 0.3 is 6.18 Å². The zero-order valence-electron chi connectivity index (χ0n) is 18.8. The summed E-state index contributed by atoms with van der Waals surface area (Å²) in [5.41, 5.74) is 1.81. The maximum Gasteiger partial charge on any atom is 0.416 e. The molecule has 2 N–H and O–H groups in total. The van der Waals surface area contributed by atoms with Crippen LogP contribution in [0, 0.1) is 11.3 Å². The van der Waals surface area contributed by atoms with Crippen LogP contribution in [-0.2, 0) is 30.5 Å². The molecule has 178 valence electrons. The number of alkyl halides is 3. The molecule has 2 aromatic carbocycles. The molecule has 3 aromatic rings. The summed E-state index contributed by atoms with van der Waals surface area (Å²) in [6.45, 7) is 2.83. The number of benzene rings is 2. The van der Waals surface area contributed by atoms with Crippen molar-refractivity contribution < 1.29 is 18.0 Å². The van der Waals surface area contributed by atoms with Crippen molar-refractivity contribution >= 4 is 5.91 Å². The molecule has 0 aliphatic carbocycles. The van der Waals surface area contributed by atoms with E-state index in [-0.39, 0.29) is 30.5 Å². The molecule has 3 rings (SSSR count). The van der Waals surface area contributed by atoms with Crippen LogP contribution in [0.1, 0.15) is 41.3 Å². The molecule has 34 heavy (non-hydrogen) atoms. The van der Waals surface area contributed by atoms with Crippen molar-refractivity contribution in [3.63, 3.8) is 0 Å². The van der Waals surface area contributed by atoms with Crippen LogP contribution in [0.3, 0.4) is 0 Å². The summed E-state index contributed by atoms with van der Waals surface area (Å²) >= 11 is 0. The van der Waals surface area contributed by atoms with Crippen molar-refractivity contribution in [2.75, 3.05) is 6.54 Å². The Kier molecular flexibility index (Phi) is 8.44. The van der Waals surface area contributed by atoms with E-state index in [0.29, 0.717) is 25.1 Å². The number of hydrogen-bond donors (Lipinski definition) is 2. The second-order valence-corrected chi connectivity index (χ2v) is 7.96. The highest BCUT2D eigenvalue weighted by Gasteiger charge is 2.32. The summed E-state index contributed by atoms with van der Waals surface area (Å²) in [6, 6.07) is 14.5. The summed E-state index contributed by atoms with van der Waals surface area (Å²) < 4.78 is 41.3. The summed E-state index contributed by atoms with van der Waals surface area (Å²) in [4.78, 5) is 16.8. The Morgan fingerprint density at radius 3 is 2.59 bits per heavy atom. The number of carbonyl (C=O) groups is 1. The molecule has 0 spiro atoms. The molecule has 0 fully saturated rings. The molecular formula is C25H26F3N5O. The second kappa shape index (κ2) is 11.5. The van der Waals surface area contributed by atoms with Gasteiger partial charge < -0.3 is 15.2 Å².